The lowest BCUT2D eigenvalue weighted by Crippen LogP contribution is -2.34. The average Bonchev–Trinajstić information content (AvgIpc) is 2.73. The van der Waals surface area contributed by atoms with Crippen molar-refractivity contribution < 1.29 is 9.47 Å². The highest BCUT2D eigenvalue weighted by atomic mass is 16.5. The summed E-state index contributed by atoms with van der Waals surface area (Å²) in [5.41, 5.74) is 1.30. The Morgan fingerprint density at radius 2 is 1.90 bits per heavy atom. The van der Waals surface area contributed by atoms with Crippen LogP contribution in [-0.4, -0.2) is 44.8 Å². The van der Waals surface area contributed by atoms with E-state index >= 15 is 0 Å². The minimum Gasteiger partial charge on any atom is -0.490 e. The molecule has 0 aliphatic carbocycles. The second-order valence-corrected chi connectivity index (χ2v) is 6.22. The van der Waals surface area contributed by atoms with Crippen molar-refractivity contribution in [2.45, 2.75) is 25.8 Å². The number of rotatable bonds is 4. The maximum atomic E-state index is 5.77. The van der Waals surface area contributed by atoms with Gasteiger partial charge in [-0.25, -0.2) is 0 Å². The molecule has 21 heavy (non-hydrogen) atoms. The van der Waals surface area contributed by atoms with E-state index in [1.165, 1.54) is 38.0 Å². The van der Waals surface area contributed by atoms with Gasteiger partial charge in [0.05, 0.1) is 13.2 Å². The molecule has 0 saturated carbocycles. The van der Waals surface area contributed by atoms with Gasteiger partial charge in [0.2, 0.25) is 0 Å². The molecule has 2 aliphatic heterocycles. The fourth-order valence-corrected chi connectivity index (χ4v) is 3.19. The van der Waals surface area contributed by atoms with Crippen molar-refractivity contribution in [3.8, 4) is 11.5 Å². The molecule has 0 spiro atoms. The van der Waals surface area contributed by atoms with Gasteiger partial charge in [-0.2, -0.15) is 0 Å². The summed E-state index contributed by atoms with van der Waals surface area (Å²) in [6, 6.07) is 6.35. The molecule has 3 rings (SSSR count). The van der Waals surface area contributed by atoms with Crippen molar-refractivity contribution in [3.63, 3.8) is 0 Å². The standard InChI is InChI=1S/C17H26N2O2/c1-19(12-14-5-7-18-8-6-14)13-15-3-4-16-17(11-15)21-10-2-9-20-16/h3-4,11,14,18H,2,5-10,12-13H2,1H3. The van der Waals surface area contributed by atoms with Crippen molar-refractivity contribution in [2.75, 3.05) is 39.9 Å². The van der Waals surface area contributed by atoms with Gasteiger partial charge in [0.15, 0.2) is 11.5 Å². The molecule has 1 saturated heterocycles. The van der Waals surface area contributed by atoms with Gasteiger partial charge in [-0.15, -0.1) is 0 Å². The highest BCUT2D eigenvalue weighted by molar-refractivity contribution is 5.43. The Kier molecular flexibility index (Phi) is 4.99. The van der Waals surface area contributed by atoms with Gasteiger partial charge in [-0.1, -0.05) is 6.07 Å². The van der Waals surface area contributed by atoms with Crippen LogP contribution in [0.4, 0.5) is 0 Å². The summed E-state index contributed by atoms with van der Waals surface area (Å²) in [4.78, 5) is 2.43. The first kappa shape index (κ1) is 14.7. The lowest BCUT2D eigenvalue weighted by molar-refractivity contribution is 0.234. The number of piperidine rings is 1. The van der Waals surface area contributed by atoms with Crippen LogP contribution in [-0.2, 0) is 6.54 Å². The van der Waals surface area contributed by atoms with Crippen LogP contribution in [0.5, 0.6) is 11.5 Å². The Balaban J connectivity index is 1.57. The first-order valence-electron chi connectivity index (χ1n) is 8.09. The van der Waals surface area contributed by atoms with Crippen molar-refractivity contribution in [1.29, 1.82) is 0 Å². The maximum absolute atomic E-state index is 5.77. The van der Waals surface area contributed by atoms with Gasteiger partial charge >= 0.3 is 0 Å². The number of hydrogen-bond donors (Lipinski definition) is 1. The average molecular weight is 290 g/mol. The molecule has 4 nitrogen and oxygen atoms in total. The molecular weight excluding hydrogens is 264 g/mol. The molecule has 2 heterocycles. The molecule has 0 atom stereocenters. The Bertz CT molecular complexity index is 458. The molecule has 116 valence electrons. The van der Waals surface area contributed by atoms with Crippen LogP contribution in [0, 0.1) is 5.92 Å². The number of fused-ring (bicyclic) bond motifs is 1. The highest BCUT2D eigenvalue weighted by Gasteiger charge is 2.16. The Labute approximate surface area is 127 Å². The lowest BCUT2D eigenvalue weighted by Gasteiger charge is -2.27. The van der Waals surface area contributed by atoms with E-state index in [4.69, 9.17) is 9.47 Å². The van der Waals surface area contributed by atoms with Gasteiger partial charge in [-0.05, 0) is 56.6 Å². The summed E-state index contributed by atoms with van der Waals surface area (Å²) < 4.78 is 11.5. The third-order valence-corrected chi connectivity index (χ3v) is 4.29. The molecule has 0 aromatic heterocycles. The Morgan fingerprint density at radius 3 is 2.71 bits per heavy atom. The van der Waals surface area contributed by atoms with Gasteiger partial charge in [-0.3, -0.25) is 0 Å². The SMILES string of the molecule is CN(Cc1ccc2c(c1)OCCCO2)CC1CCNCC1. The zero-order valence-corrected chi connectivity index (χ0v) is 12.9. The molecule has 1 N–H and O–H groups in total. The van der Waals surface area contributed by atoms with Crippen molar-refractivity contribution in [1.82, 2.24) is 10.2 Å². The van der Waals surface area contributed by atoms with Crippen molar-refractivity contribution in [2.24, 2.45) is 5.92 Å². The monoisotopic (exact) mass is 290 g/mol. The summed E-state index contributed by atoms with van der Waals surface area (Å²) in [6.45, 7) is 5.99. The quantitative estimate of drug-likeness (QED) is 0.922. The fraction of sp³-hybridized carbons (Fsp3) is 0.647. The maximum Gasteiger partial charge on any atom is 0.161 e. The van der Waals surface area contributed by atoms with Gasteiger partial charge in [0, 0.05) is 19.5 Å². The molecule has 0 bridgehead atoms. The van der Waals surface area contributed by atoms with Crippen LogP contribution in [0.15, 0.2) is 18.2 Å². The van der Waals surface area contributed by atoms with E-state index in [1.807, 2.05) is 6.07 Å². The highest BCUT2D eigenvalue weighted by Crippen LogP contribution is 2.30. The first-order valence-corrected chi connectivity index (χ1v) is 8.09. The van der Waals surface area contributed by atoms with Crippen LogP contribution < -0.4 is 14.8 Å². The van der Waals surface area contributed by atoms with Gasteiger partial charge in [0.1, 0.15) is 0 Å². The zero-order valence-electron chi connectivity index (χ0n) is 12.9. The van der Waals surface area contributed by atoms with Crippen LogP contribution in [0.1, 0.15) is 24.8 Å². The van der Waals surface area contributed by atoms with Gasteiger partial charge < -0.3 is 19.7 Å². The number of nitrogens with zero attached hydrogens (tertiary/aromatic N) is 1. The van der Waals surface area contributed by atoms with Crippen LogP contribution >= 0.6 is 0 Å². The van der Waals surface area contributed by atoms with Crippen molar-refractivity contribution in [3.05, 3.63) is 23.8 Å². The molecule has 2 aliphatic rings. The van der Waals surface area contributed by atoms with Crippen LogP contribution in [0.3, 0.4) is 0 Å². The van der Waals surface area contributed by atoms with E-state index in [0.717, 1.165) is 43.6 Å². The Morgan fingerprint density at radius 1 is 1.14 bits per heavy atom. The summed E-state index contributed by atoms with van der Waals surface area (Å²) >= 11 is 0. The first-order chi connectivity index (χ1) is 10.3. The Hall–Kier alpha value is -1.26. The number of benzene rings is 1. The third kappa shape index (κ3) is 4.11. The summed E-state index contributed by atoms with van der Waals surface area (Å²) in [5, 5.41) is 3.43. The zero-order chi connectivity index (χ0) is 14.5. The van der Waals surface area contributed by atoms with E-state index < -0.39 is 0 Å². The molecule has 4 heteroatoms. The van der Waals surface area contributed by atoms with Crippen LogP contribution in [0.25, 0.3) is 0 Å². The molecule has 0 radical (unpaired) electrons. The smallest absolute Gasteiger partial charge is 0.161 e. The molecule has 0 unspecified atom stereocenters. The summed E-state index contributed by atoms with van der Waals surface area (Å²) in [5.74, 6) is 2.62. The number of ether oxygens (including phenoxy) is 2. The molecule has 1 fully saturated rings. The van der Waals surface area contributed by atoms with E-state index in [0.29, 0.717) is 0 Å². The minimum atomic E-state index is 0.751. The second-order valence-electron chi connectivity index (χ2n) is 6.22. The lowest BCUT2D eigenvalue weighted by atomic mass is 9.97. The van der Waals surface area contributed by atoms with E-state index in [-0.39, 0.29) is 0 Å². The molecule has 1 aromatic rings. The predicted molar refractivity (Wildman–Crippen MR) is 84.0 cm³/mol. The largest absolute Gasteiger partial charge is 0.490 e. The normalized spacial score (nSPS) is 19.5. The minimum absolute atomic E-state index is 0.751. The third-order valence-electron chi connectivity index (χ3n) is 4.29. The van der Waals surface area contributed by atoms with Crippen LogP contribution in [0.2, 0.25) is 0 Å². The second kappa shape index (κ2) is 7.14. The molecule has 0 amide bonds. The fourth-order valence-electron chi connectivity index (χ4n) is 3.19. The predicted octanol–water partition coefficient (Wildman–Crippen LogP) is 2.28. The van der Waals surface area contributed by atoms with E-state index in [1.54, 1.807) is 0 Å². The molecular formula is C17H26N2O2. The van der Waals surface area contributed by atoms with E-state index in [2.05, 4.69) is 29.4 Å². The topological polar surface area (TPSA) is 33.7 Å². The number of hydrogen-bond acceptors (Lipinski definition) is 4. The van der Waals surface area contributed by atoms with Gasteiger partial charge in [0.25, 0.3) is 0 Å². The summed E-state index contributed by atoms with van der Waals surface area (Å²) in [7, 11) is 2.21. The van der Waals surface area contributed by atoms with Crippen molar-refractivity contribution >= 4 is 0 Å². The van der Waals surface area contributed by atoms with E-state index in [9.17, 15) is 0 Å². The summed E-state index contributed by atoms with van der Waals surface area (Å²) in [6.07, 6.45) is 3.55. The number of nitrogens with one attached hydrogen (secondary N) is 1. The molecule has 1 aromatic carbocycles.